The minimum absolute atomic E-state index is 0.0318. The Morgan fingerprint density at radius 1 is 0.946 bits per heavy atom. The average molecular weight is 515 g/mol. The molecule has 8 atom stereocenters. The van der Waals surface area contributed by atoms with Crippen LogP contribution in [-0.2, 0) is 14.3 Å². The number of carbonyl (C=O) groups excluding carboxylic acids is 1. The van der Waals surface area contributed by atoms with E-state index in [2.05, 4.69) is 54.5 Å². The second kappa shape index (κ2) is 10.3. The maximum atomic E-state index is 12.2. The van der Waals surface area contributed by atoms with Crippen molar-refractivity contribution in [1.29, 1.82) is 0 Å². The molecule has 0 spiro atoms. The molecule has 0 aromatic heterocycles. The van der Waals surface area contributed by atoms with Crippen LogP contribution in [0.4, 0.5) is 0 Å². The first kappa shape index (κ1) is 28.7. The number of ether oxygens (including phenoxy) is 1. The zero-order valence-electron chi connectivity index (χ0n) is 24.8. The molecule has 4 aliphatic carbocycles. The molecule has 210 valence electrons. The fourth-order valence-electron chi connectivity index (χ4n) is 10.0. The maximum Gasteiger partial charge on any atom is 0.306 e. The molecule has 4 heteroatoms. The lowest BCUT2D eigenvalue weighted by Gasteiger charge is -2.68. The molecule has 4 nitrogen and oxygen atoms in total. The molecule has 37 heavy (non-hydrogen) atoms. The molecule has 0 aromatic carbocycles. The van der Waals surface area contributed by atoms with Gasteiger partial charge in [-0.3, -0.25) is 9.59 Å². The van der Waals surface area contributed by atoms with Crippen LogP contribution < -0.4 is 0 Å². The molecule has 3 saturated carbocycles. The standard InChI is InChI=1S/C33H54O4/c1-22(2)9-8-10-23(3)26-16-18-32(6)27-12-11-24-21-25(37-29(36)14-13-28(34)35)15-17-30(24,4)33(27,7)20-19-31(26,32)5/h11,22-23,25-27H,8-10,12-21H2,1-7H3,(H,34,35)/t23-,25+,26-,27+,30+,31-,32+,33+/m1/s1. The summed E-state index contributed by atoms with van der Waals surface area (Å²) in [6.07, 6.45) is 15.7. The van der Waals surface area contributed by atoms with Crippen LogP contribution in [0.3, 0.4) is 0 Å². The lowest BCUT2D eigenvalue weighted by molar-refractivity contribution is -0.170. The average Bonchev–Trinajstić information content (AvgIpc) is 3.09. The van der Waals surface area contributed by atoms with Gasteiger partial charge in [0.05, 0.1) is 12.8 Å². The van der Waals surface area contributed by atoms with E-state index < -0.39 is 5.97 Å². The van der Waals surface area contributed by atoms with Crippen molar-refractivity contribution in [3.8, 4) is 0 Å². The molecule has 3 fully saturated rings. The quantitative estimate of drug-likeness (QED) is 0.247. The van der Waals surface area contributed by atoms with Gasteiger partial charge in [-0.25, -0.2) is 0 Å². The third-order valence-electron chi connectivity index (χ3n) is 12.8. The van der Waals surface area contributed by atoms with Gasteiger partial charge in [0.2, 0.25) is 0 Å². The highest BCUT2D eigenvalue weighted by atomic mass is 16.5. The van der Waals surface area contributed by atoms with Gasteiger partial charge in [-0.05, 0) is 90.3 Å². The Hall–Kier alpha value is -1.32. The number of carboxylic acid groups (broad SMARTS) is 1. The molecule has 0 aromatic rings. The summed E-state index contributed by atoms with van der Waals surface area (Å²) in [7, 11) is 0. The highest BCUT2D eigenvalue weighted by molar-refractivity contribution is 5.76. The van der Waals surface area contributed by atoms with Crippen LogP contribution in [0.2, 0.25) is 0 Å². The SMILES string of the molecule is CC(C)CCC[C@@H](C)[C@H]1CC[C@@]2(C)[C@@H]3CC=C4C[C@@H](OC(=O)CCC(=O)O)CC[C@]4(C)[C@@]3(C)CC[C@]12C. The van der Waals surface area contributed by atoms with E-state index in [0.717, 1.165) is 43.4 Å². The Morgan fingerprint density at radius 2 is 1.65 bits per heavy atom. The van der Waals surface area contributed by atoms with Gasteiger partial charge in [0, 0.05) is 6.42 Å². The molecule has 4 aliphatic rings. The number of aliphatic carboxylic acids is 1. The van der Waals surface area contributed by atoms with Crippen LogP contribution in [0.5, 0.6) is 0 Å². The number of hydrogen-bond acceptors (Lipinski definition) is 3. The second-order valence-corrected chi connectivity index (χ2v) is 14.8. The van der Waals surface area contributed by atoms with Crippen molar-refractivity contribution in [1.82, 2.24) is 0 Å². The molecular weight excluding hydrogens is 460 g/mol. The topological polar surface area (TPSA) is 63.6 Å². The van der Waals surface area contributed by atoms with Crippen LogP contribution in [-0.4, -0.2) is 23.1 Å². The minimum atomic E-state index is -0.945. The first-order valence-electron chi connectivity index (χ1n) is 15.4. The Bertz CT molecular complexity index is 906. The van der Waals surface area contributed by atoms with Crippen molar-refractivity contribution in [2.24, 2.45) is 45.3 Å². The van der Waals surface area contributed by atoms with Crippen molar-refractivity contribution >= 4 is 11.9 Å². The zero-order valence-corrected chi connectivity index (χ0v) is 24.8. The molecule has 1 N–H and O–H groups in total. The third-order valence-corrected chi connectivity index (χ3v) is 12.8. The molecule has 0 aliphatic heterocycles. The smallest absolute Gasteiger partial charge is 0.306 e. The first-order chi connectivity index (χ1) is 17.3. The Kier molecular flexibility index (Phi) is 8.02. The third kappa shape index (κ3) is 4.82. The van der Waals surface area contributed by atoms with Crippen molar-refractivity contribution < 1.29 is 19.4 Å². The number of fused-ring (bicyclic) bond motifs is 5. The van der Waals surface area contributed by atoms with Crippen LogP contribution in [0.1, 0.15) is 132 Å². The first-order valence-corrected chi connectivity index (χ1v) is 15.4. The van der Waals surface area contributed by atoms with E-state index in [0.29, 0.717) is 16.7 Å². The maximum absolute atomic E-state index is 12.2. The van der Waals surface area contributed by atoms with Crippen LogP contribution >= 0.6 is 0 Å². The van der Waals surface area contributed by atoms with E-state index in [1.165, 1.54) is 50.5 Å². The van der Waals surface area contributed by atoms with E-state index in [4.69, 9.17) is 9.84 Å². The number of allylic oxidation sites excluding steroid dienone is 1. The summed E-state index contributed by atoms with van der Waals surface area (Å²) in [5, 5.41) is 8.89. The monoisotopic (exact) mass is 514 g/mol. The number of carbonyl (C=O) groups is 2. The van der Waals surface area contributed by atoms with Crippen molar-refractivity contribution in [3.63, 3.8) is 0 Å². The number of hydrogen-bond donors (Lipinski definition) is 1. The van der Waals surface area contributed by atoms with E-state index in [9.17, 15) is 9.59 Å². The van der Waals surface area contributed by atoms with Gasteiger partial charge in [0.1, 0.15) is 6.10 Å². The van der Waals surface area contributed by atoms with E-state index in [-0.39, 0.29) is 35.7 Å². The van der Waals surface area contributed by atoms with Gasteiger partial charge in [0.25, 0.3) is 0 Å². The van der Waals surface area contributed by atoms with E-state index in [1.807, 2.05) is 0 Å². The molecule has 0 saturated heterocycles. The zero-order chi connectivity index (χ0) is 27.2. The minimum Gasteiger partial charge on any atom is -0.481 e. The second-order valence-electron chi connectivity index (χ2n) is 14.8. The Morgan fingerprint density at radius 3 is 2.32 bits per heavy atom. The fraction of sp³-hybridized carbons (Fsp3) is 0.879. The lowest BCUT2D eigenvalue weighted by atomic mass is 9.36. The molecule has 0 heterocycles. The number of carboxylic acids is 1. The molecule has 4 rings (SSSR count). The predicted octanol–water partition coefficient (Wildman–Crippen LogP) is 8.58. The fourth-order valence-corrected chi connectivity index (χ4v) is 10.0. The highest BCUT2D eigenvalue weighted by Crippen LogP contribution is 2.76. The normalized spacial score (nSPS) is 41.8. The number of rotatable bonds is 9. The van der Waals surface area contributed by atoms with Gasteiger partial charge >= 0.3 is 11.9 Å². The van der Waals surface area contributed by atoms with E-state index >= 15 is 0 Å². The van der Waals surface area contributed by atoms with E-state index in [1.54, 1.807) is 0 Å². The van der Waals surface area contributed by atoms with Crippen LogP contribution in [0.15, 0.2) is 11.6 Å². The van der Waals surface area contributed by atoms with Gasteiger partial charge in [-0.15, -0.1) is 0 Å². The summed E-state index contributed by atoms with van der Waals surface area (Å²) in [6.45, 7) is 17.7. The summed E-state index contributed by atoms with van der Waals surface area (Å²) >= 11 is 0. The van der Waals surface area contributed by atoms with Gasteiger partial charge < -0.3 is 9.84 Å². The summed E-state index contributed by atoms with van der Waals surface area (Å²) in [5.74, 6) is 1.85. The molecule has 0 unspecified atom stereocenters. The van der Waals surface area contributed by atoms with Gasteiger partial charge in [0.15, 0.2) is 0 Å². The molecular formula is C33H54O4. The largest absolute Gasteiger partial charge is 0.481 e. The van der Waals surface area contributed by atoms with Crippen molar-refractivity contribution in [2.45, 2.75) is 138 Å². The van der Waals surface area contributed by atoms with Gasteiger partial charge in [-0.2, -0.15) is 0 Å². The van der Waals surface area contributed by atoms with Gasteiger partial charge in [-0.1, -0.05) is 79.4 Å². The molecule has 0 radical (unpaired) electrons. The summed E-state index contributed by atoms with van der Waals surface area (Å²) in [4.78, 5) is 23.1. The summed E-state index contributed by atoms with van der Waals surface area (Å²) in [5.41, 5.74) is 2.73. The Balaban J connectivity index is 1.50. The predicted molar refractivity (Wildman–Crippen MR) is 149 cm³/mol. The summed E-state index contributed by atoms with van der Waals surface area (Å²) < 4.78 is 5.75. The highest BCUT2D eigenvalue weighted by Gasteiger charge is 2.68. The molecule has 0 bridgehead atoms. The lowest BCUT2D eigenvalue weighted by Crippen LogP contribution is -2.61. The molecule has 0 amide bonds. The van der Waals surface area contributed by atoms with Crippen molar-refractivity contribution in [2.75, 3.05) is 0 Å². The summed E-state index contributed by atoms with van der Waals surface area (Å²) in [6, 6.07) is 0. The Labute approximate surface area is 226 Å². The number of esters is 1. The van der Waals surface area contributed by atoms with Crippen molar-refractivity contribution in [3.05, 3.63) is 11.6 Å². The van der Waals surface area contributed by atoms with Crippen LogP contribution in [0.25, 0.3) is 0 Å². The van der Waals surface area contributed by atoms with Crippen LogP contribution in [0, 0.1) is 45.3 Å².